The van der Waals surface area contributed by atoms with Gasteiger partial charge >= 0.3 is 0 Å². The number of ether oxygens (including phenoxy) is 1. The van der Waals surface area contributed by atoms with Gasteiger partial charge in [-0.2, -0.15) is 0 Å². The average molecular weight is 498 g/mol. The van der Waals surface area contributed by atoms with Crippen LogP contribution in [-0.2, 0) is 0 Å². The van der Waals surface area contributed by atoms with Gasteiger partial charge in [0.1, 0.15) is 25.3 Å². The SMILES string of the molecule is C[B]c1ccc(C)c(NC(=O)c2nc[nH]c2C(=O)Nc2nc3ccc(OCCN4CCCC4)cc3[nH]2)c1. The molecule has 0 aliphatic carbocycles. The highest BCUT2D eigenvalue weighted by Crippen LogP contribution is 2.22. The first-order valence-electron chi connectivity index (χ1n) is 12.4. The highest BCUT2D eigenvalue weighted by Gasteiger charge is 2.22. The highest BCUT2D eigenvalue weighted by molar-refractivity contribution is 6.52. The molecular weight excluding hydrogens is 469 g/mol. The summed E-state index contributed by atoms with van der Waals surface area (Å²) in [5, 5.41) is 5.56. The van der Waals surface area contributed by atoms with Gasteiger partial charge < -0.3 is 20.0 Å². The number of hydrogen-bond donors (Lipinski definition) is 4. The summed E-state index contributed by atoms with van der Waals surface area (Å²) in [4.78, 5) is 42.7. The molecule has 0 atom stereocenters. The Morgan fingerprint density at radius 1 is 1.11 bits per heavy atom. The van der Waals surface area contributed by atoms with Crippen LogP contribution in [0.5, 0.6) is 5.75 Å². The summed E-state index contributed by atoms with van der Waals surface area (Å²) in [7, 11) is 1.94. The van der Waals surface area contributed by atoms with E-state index in [0.717, 1.165) is 41.9 Å². The van der Waals surface area contributed by atoms with E-state index in [9.17, 15) is 9.59 Å². The monoisotopic (exact) mass is 498 g/mol. The van der Waals surface area contributed by atoms with Gasteiger partial charge in [0.05, 0.1) is 17.4 Å². The summed E-state index contributed by atoms with van der Waals surface area (Å²) < 4.78 is 5.90. The number of hydrogen-bond acceptors (Lipinski definition) is 6. The summed E-state index contributed by atoms with van der Waals surface area (Å²) >= 11 is 0. The molecular formula is C26H29BN7O3. The number of carbonyl (C=O) groups is 2. The second-order valence-corrected chi connectivity index (χ2v) is 9.06. The number of H-pyrrole nitrogens is 2. The van der Waals surface area contributed by atoms with E-state index in [1.54, 1.807) is 0 Å². The van der Waals surface area contributed by atoms with Crippen molar-refractivity contribution in [3.63, 3.8) is 0 Å². The quantitative estimate of drug-likeness (QED) is 0.263. The zero-order valence-electron chi connectivity index (χ0n) is 20.9. The third-order valence-corrected chi connectivity index (χ3v) is 6.48. The largest absolute Gasteiger partial charge is 0.492 e. The van der Waals surface area contributed by atoms with E-state index in [-0.39, 0.29) is 17.3 Å². The Morgan fingerprint density at radius 3 is 2.76 bits per heavy atom. The van der Waals surface area contributed by atoms with Crippen molar-refractivity contribution in [2.24, 2.45) is 0 Å². The van der Waals surface area contributed by atoms with Crippen molar-refractivity contribution in [3.8, 4) is 5.75 Å². The van der Waals surface area contributed by atoms with Crippen LogP contribution in [0.4, 0.5) is 11.6 Å². The molecule has 0 spiro atoms. The molecule has 11 heteroatoms. The minimum Gasteiger partial charge on any atom is -0.492 e. The number of carbonyl (C=O) groups excluding carboxylic acids is 2. The number of rotatable bonds is 9. The topological polar surface area (TPSA) is 128 Å². The number of aromatic amines is 2. The number of imidazole rings is 2. The Hall–Kier alpha value is -4.12. The summed E-state index contributed by atoms with van der Waals surface area (Å²) in [5.74, 6) is -0.0165. The minimum atomic E-state index is -0.531. The fourth-order valence-electron chi connectivity index (χ4n) is 4.38. The van der Waals surface area contributed by atoms with Crippen molar-refractivity contribution in [3.05, 3.63) is 59.7 Å². The number of nitrogens with one attached hydrogen (secondary N) is 4. The van der Waals surface area contributed by atoms with E-state index in [1.165, 1.54) is 19.2 Å². The Balaban J connectivity index is 1.24. The van der Waals surface area contributed by atoms with Crippen LogP contribution in [0.15, 0.2) is 42.7 Å². The van der Waals surface area contributed by atoms with Gasteiger partial charge in [-0.25, -0.2) is 9.97 Å². The molecule has 2 amide bonds. The van der Waals surface area contributed by atoms with Crippen LogP contribution in [0.2, 0.25) is 6.82 Å². The van der Waals surface area contributed by atoms with Crippen LogP contribution < -0.4 is 20.8 Å². The van der Waals surface area contributed by atoms with Gasteiger partial charge in [0.25, 0.3) is 11.8 Å². The summed E-state index contributed by atoms with van der Waals surface area (Å²) in [5.41, 5.74) is 4.00. The minimum absolute atomic E-state index is 0.00687. The number of fused-ring (bicyclic) bond motifs is 1. The van der Waals surface area contributed by atoms with Crippen LogP contribution in [0, 0.1) is 6.92 Å². The Bertz CT molecular complexity index is 1420. The van der Waals surface area contributed by atoms with Crippen molar-refractivity contribution in [2.45, 2.75) is 26.6 Å². The number of aryl methyl sites for hydroxylation is 1. The van der Waals surface area contributed by atoms with E-state index >= 15 is 0 Å². The molecule has 4 aromatic rings. The number of aromatic nitrogens is 4. The first kappa shape index (κ1) is 24.6. The number of nitrogens with zero attached hydrogens (tertiary/aromatic N) is 3. The average Bonchev–Trinajstić information content (AvgIpc) is 3.66. The fourth-order valence-corrected chi connectivity index (χ4v) is 4.38. The number of benzene rings is 2. The van der Waals surface area contributed by atoms with Gasteiger partial charge in [-0.1, -0.05) is 24.4 Å². The van der Waals surface area contributed by atoms with E-state index in [2.05, 4.69) is 35.5 Å². The van der Waals surface area contributed by atoms with Crippen LogP contribution >= 0.6 is 0 Å². The van der Waals surface area contributed by atoms with Gasteiger partial charge in [-0.05, 0) is 56.6 Å². The van der Waals surface area contributed by atoms with Crippen molar-refractivity contribution < 1.29 is 14.3 Å². The fraction of sp³-hybridized carbons (Fsp3) is 0.308. The zero-order chi connectivity index (χ0) is 25.8. The van der Waals surface area contributed by atoms with E-state index in [4.69, 9.17) is 4.74 Å². The van der Waals surface area contributed by atoms with Gasteiger partial charge in [0, 0.05) is 18.3 Å². The lowest BCUT2D eigenvalue weighted by Crippen LogP contribution is -2.25. The van der Waals surface area contributed by atoms with Gasteiger partial charge in [0.15, 0.2) is 5.69 Å². The molecule has 189 valence electrons. The van der Waals surface area contributed by atoms with Crippen LogP contribution in [-0.4, -0.2) is 70.2 Å². The summed E-state index contributed by atoms with van der Waals surface area (Å²) in [6.45, 7) is 7.62. The summed E-state index contributed by atoms with van der Waals surface area (Å²) in [6.07, 6.45) is 3.83. The number of amides is 2. The molecule has 1 saturated heterocycles. The molecule has 1 fully saturated rings. The first-order chi connectivity index (χ1) is 18.0. The standard InChI is InChI=1S/C26H29BN7O3/c1-16-5-6-17(27-2)13-20(16)30-24(35)22-23(29-15-28-22)25(36)33-26-31-19-8-7-18(14-21(19)32-26)37-12-11-34-9-3-4-10-34/h5-8,13-15H,3-4,9-12H2,1-2H3,(H,28,29)(H,30,35)(H2,31,32,33,36). The van der Waals surface area contributed by atoms with Gasteiger partial charge in [0.2, 0.25) is 5.95 Å². The van der Waals surface area contributed by atoms with Gasteiger partial charge in [-0.3, -0.25) is 19.8 Å². The van der Waals surface area contributed by atoms with Crippen molar-refractivity contribution >= 4 is 47.2 Å². The summed E-state index contributed by atoms with van der Waals surface area (Å²) in [6, 6.07) is 11.3. The van der Waals surface area contributed by atoms with E-state index in [1.807, 2.05) is 57.4 Å². The van der Waals surface area contributed by atoms with E-state index < -0.39 is 11.8 Å². The molecule has 4 N–H and O–H groups in total. The van der Waals surface area contributed by atoms with Crippen molar-refractivity contribution in [2.75, 3.05) is 36.9 Å². The maximum atomic E-state index is 13.0. The highest BCUT2D eigenvalue weighted by atomic mass is 16.5. The van der Waals surface area contributed by atoms with Crippen molar-refractivity contribution in [1.29, 1.82) is 0 Å². The lowest BCUT2D eigenvalue weighted by Gasteiger charge is -2.14. The lowest BCUT2D eigenvalue weighted by atomic mass is 9.73. The molecule has 0 saturated carbocycles. The molecule has 1 radical (unpaired) electrons. The Morgan fingerprint density at radius 2 is 1.95 bits per heavy atom. The predicted octanol–water partition coefficient (Wildman–Crippen LogP) is 2.95. The third kappa shape index (κ3) is 5.67. The third-order valence-electron chi connectivity index (χ3n) is 6.48. The molecule has 1 aliphatic heterocycles. The van der Waals surface area contributed by atoms with Crippen molar-refractivity contribution in [1.82, 2.24) is 24.8 Å². The smallest absolute Gasteiger partial charge is 0.276 e. The molecule has 2 aromatic carbocycles. The number of likely N-dealkylation sites (tertiary alicyclic amines) is 1. The molecule has 10 nitrogen and oxygen atoms in total. The zero-order valence-corrected chi connectivity index (χ0v) is 20.9. The molecule has 3 heterocycles. The molecule has 2 aromatic heterocycles. The van der Waals surface area contributed by atoms with Crippen LogP contribution in [0.1, 0.15) is 39.4 Å². The molecule has 0 unspecified atom stereocenters. The molecule has 1 aliphatic rings. The Labute approximate surface area is 215 Å². The molecule has 0 bridgehead atoms. The second kappa shape index (κ2) is 10.9. The van der Waals surface area contributed by atoms with E-state index in [0.29, 0.717) is 17.8 Å². The predicted molar refractivity (Wildman–Crippen MR) is 144 cm³/mol. The molecule has 37 heavy (non-hydrogen) atoms. The Kier molecular flexibility index (Phi) is 7.22. The lowest BCUT2D eigenvalue weighted by molar-refractivity contribution is 0.0985. The van der Waals surface area contributed by atoms with Gasteiger partial charge in [-0.15, -0.1) is 0 Å². The number of anilines is 2. The van der Waals surface area contributed by atoms with Crippen LogP contribution in [0.25, 0.3) is 11.0 Å². The molecule has 5 rings (SSSR count). The normalized spacial score (nSPS) is 13.6. The van der Waals surface area contributed by atoms with Crippen LogP contribution in [0.3, 0.4) is 0 Å². The maximum absolute atomic E-state index is 13.0. The first-order valence-corrected chi connectivity index (χ1v) is 12.4. The second-order valence-electron chi connectivity index (χ2n) is 9.06. The maximum Gasteiger partial charge on any atom is 0.276 e.